The lowest BCUT2D eigenvalue weighted by molar-refractivity contribution is -0.396. The van der Waals surface area contributed by atoms with Crippen LogP contribution >= 0.6 is 0 Å². The molecule has 0 heteroatoms. The quantitative estimate of drug-likeness (QED) is 0.495. The van der Waals surface area contributed by atoms with Crippen molar-refractivity contribution in [2.24, 2.45) is 46.8 Å². The summed E-state index contributed by atoms with van der Waals surface area (Å²) in [6.07, 6.45) is 6.39. The van der Waals surface area contributed by atoms with Crippen LogP contribution in [0.3, 0.4) is 0 Å². The summed E-state index contributed by atoms with van der Waals surface area (Å²) in [6.45, 7) is 2.60. The largest absolute Gasteiger partial charge is 0.0591 e. The topological polar surface area (TPSA) is 0 Å². The maximum atomic E-state index is 2.60. The smallest absolute Gasteiger partial charge is 0.0261 e. The minimum atomic E-state index is 0.881. The van der Waals surface area contributed by atoms with E-state index in [1.165, 1.54) is 41.4 Å². The molecule has 0 amide bonds. The van der Waals surface area contributed by atoms with Gasteiger partial charge in [-0.1, -0.05) is 6.92 Å². The molecule has 0 saturated heterocycles. The van der Waals surface area contributed by atoms with Gasteiger partial charge in [-0.3, -0.25) is 0 Å². The highest BCUT2D eigenvalue weighted by Gasteiger charge is 2.81. The van der Waals surface area contributed by atoms with Gasteiger partial charge < -0.3 is 0 Å². The van der Waals surface area contributed by atoms with E-state index in [0.29, 0.717) is 0 Å². The van der Waals surface area contributed by atoms with E-state index in [1.807, 2.05) is 0 Å². The van der Waals surface area contributed by atoms with Crippen LogP contribution in [0.25, 0.3) is 0 Å². The Labute approximate surface area is 80.1 Å². The molecule has 0 heterocycles. The third kappa shape index (κ3) is 0.397. The minimum absolute atomic E-state index is 0.881. The van der Waals surface area contributed by atoms with Gasteiger partial charge in [-0.15, -0.1) is 0 Å². The van der Waals surface area contributed by atoms with E-state index < -0.39 is 0 Å². The van der Waals surface area contributed by atoms with Crippen molar-refractivity contribution in [2.75, 3.05) is 0 Å². The lowest BCUT2D eigenvalue weighted by atomic mass is 9.17. The van der Waals surface area contributed by atoms with Crippen LogP contribution in [-0.2, 0) is 0 Å². The maximum absolute atomic E-state index is 2.60. The van der Waals surface area contributed by atoms with Gasteiger partial charge in [0.05, 0.1) is 0 Å². The molecule has 0 aromatic heterocycles. The van der Waals surface area contributed by atoms with E-state index in [4.69, 9.17) is 0 Å². The number of hydrogen-bond donors (Lipinski definition) is 0. The van der Waals surface area contributed by atoms with Gasteiger partial charge in [0.1, 0.15) is 0 Å². The van der Waals surface area contributed by atoms with Gasteiger partial charge >= 0.3 is 0 Å². The summed E-state index contributed by atoms with van der Waals surface area (Å²) in [5.41, 5.74) is 0.881. The molecule has 0 N–H and O–H groups in total. The molecule has 5 saturated carbocycles. The Hall–Kier alpha value is 0. The second-order valence-electron chi connectivity index (χ2n) is 6.81. The van der Waals surface area contributed by atoms with Crippen molar-refractivity contribution in [3.63, 3.8) is 0 Å². The number of hydrogen-bond acceptors (Lipinski definition) is 0. The van der Waals surface area contributed by atoms with Gasteiger partial charge in [-0.25, -0.2) is 0 Å². The predicted octanol–water partition coefficient (Wildman–Crippen LogP) is 2.93. The fraction of sp³-hybridized carbons (Fsp3) is 1.00. The van der Waals surface area contributed by atoms with Crippen molar-refractivity contribution in [3.8, 4) is 0 Å². The van der Waals surface area contributed by atoms with Gasteiger partial charge in [0.2, 0.25) is 0 Å². The molecule has 0 bridgehead atoms. The van der Waals surface area contributed by atoms with Crippen molar-refractivity contribution in [3.05, 3.63) is 0 Å². The van der Waals surface area contributed by atoms with Crippen molar-refractivity contribution in [2.45, 2.75) is 32.6 Å². The van der Waals surface area contributed by atoms with Crippen molar-refractivity contribution in [1.29, 1.82) is 0 Å². The Kier molecular flexibility index (Phi) is 0.753. The molecule has 0 spiro atoms. The average molecular weight is 174 g/mol. The molecular formula is C13H18. The van der Waals surface area contributed by atoms with E-state index in [-0.39, 0.29) is 0 Å². The Morgan fingerprint density at radius 3 is 2.31 bits per heavy atom. The van der Waals surface area contributed by atoms with E-state index in [2.05, 4.69) is 6.92 Å². The summed E-state index contributed by atoms with van der Waals surface area (Å²) in [6, 6.07) is 0. The monoisotopic (exact) mass is 174 g/mol. The molecule has 13 heavy (non-hydrogen) atoms. The third-order valence-corrected chi connectivity index (χ3v) is 7.16. The molecule has 0 radical (unpaired) electrons. The molecule has 5 rings (SSSR count). The lowest BCUT2D eigenvalue weighted by Gasteiger charge is -2.87. The molecule has 70 valence electrons. The standard InChI is InChI=1S/C13H18/c1-13-5-4-8(13)11-9-6-2-3-7(6)10(9)12(11)13/h6-12H,2-5H2,1H3. The predicted molar refractivity (Wildman–Crippen MR) is 51.0 cm³/mol. The summed E-state index contributed by atoms with van der Waals surface area (Å²) in [5, 5.41) is 0. The third-order valence-electron chi connectivity index (χ3n) is 7.16. The van der Waals surface area contributed by atoms with Crippen LogP contribution in [0.2, 0.25) is 0 Å². The SMILES string of the molecule is CC12CCC1C1C3C4CCC4C3C12. The summed E-state index contributed by atoms with van der Waals surface area (Å²) in [4.78, 5) is 0. The summed E-state index contributed by atoms with van der Waals surface area (Å²) in [7, 11) is 0. The highest BCUT2D eigenvalue weighted by molar-refractivity contribution is 5.29. The normalized spacial score (nSPS) is 80.5. The molecule has 0 nitrogen and oxygen atoms in total. The minimum Gasteiger partial charge on any atom is -0.0591 e. The van der Waals surface area contributed by atoms with Crippen molar-refractivity contribution in [1.82, 2.24) is 0 Å². The molecule has 0 aromatic rings. The molecule has 8 unspecified atom stereocenters. The molecule has 5 fully saturated rings. The number of rotatable bonds is 0. The van der Waals surface area contributed by atoms with Crippen molar-refractivity contribution >= 4 is 0 Å². The first-order valence-corrected chi connectivity index (χ1v) is 6.32. The molecule has 0 aliphatic heterocycles. The van der Waals surface area contributed by atoms with Crippen LogP contribution in [-0.4, -0.2) is 0 Å². The second kappa shape index (κ2) is 1.51. The average Bonchev–Trinajstić information content (AvgIpc) is 2.07. The Balaban J connectivity index is 1.54. The van der Waals surface area contributed by atoms with Crippen LogP contribution in [0.1, 0.15) is 32.6 Å². The highest BCUT2D eigenvalue weighted by Crippen LogP contribution is 2.87. The molecule has 5 aliphatic carbocycles. The fourth-order valence-electron chi connectivity index (χ4n) is 6.42. The van der Waals surface area contributed by atoms with E-state index in [9.17, 15) is 0 Å². The van der Waals surface area contributed by atoms with Crippen LogP contribution in [0.15, 0.2) is 0 Å². The van der Waals surface area contributed by atoms with Gasteiger partial charge in [-0.05, 0) is 72.5 Å². The fourth-order valence-corrected chi connectivity index (χ4v) is 6.42. The molecule has 8 atom stereocenters. The van der Waals surface area contributed by atoms with E-state index >= 15 is 0 Å². The zero-order chi connectivity index (χ0) is 8.37. The van der Waals surface area contributed by atoms with Crippen LogP contribution in [0.5, 0.6) is 0 Å². The van der Waals surface area contributed by atoms with Crippen LogP contribution in [0.4, 0.5) is 0 Å². The van der Waals surface area contributed by atoms with Crippen LogP contribution in [0, 0.1) is 46.8 Å². The second-order valence-corrected chi connectivity index (χ2v) is 6.81. The summed E-state index contributed by atoms with van der Waals surface area (Å²) < 4.78 is 0. The first-order valence-electron chi connectivity index (χ1n) is 6.32. The lowest BCUT2D eigenvalue weighted by Crippen LogP contribution is -2.82. The van der Waals surface area contributed by atoms with E-state index in [1.54, 1.807) is 25.7 Å². The summed E-state index contributed by atoms with van der Waals surface area (Å²) >= 11 is 0. The number of fused-ring (bicyclic) bond motifs is 10. The highest BCUT2D eigenvalue weighted by atomic mass is 14.9. The van der Waals surface area contributed by atoms with Gasteiger partial charge in [0.15, 0.2) is 0 Å². The maximum Gasteiger partial charge on any atom is -0.0261 e. The summed E-state index contributed by atoms with van der Waals surface area (Å²) in [5.74, 6) is 8.71. The zero-order valence-electron chi connectivity index (χ0n) is 8.37. The molecule has 0 aromatic carbocycles. The zero-order valence-corrected chi connectivity index (χ0v) is 8.37. The van der Waals surface area contributed by atoms with Crippen LogP contribution < -0.4 is 0 Å². The Morgan fingerprint density at radius 1 is 0.923 bits per heavy atom. The van der Waals surface area contributed by atoms with Gasteiger partial charge in [-0.2, -0.15) is 0 Å². The first-order chi connectivity index (χ1) is 6.32. The Bertz CT molecular complexity index is 301. The Morgan fingerprint density at radius 2 is 1.69 bits per heavy atom. The van der Waals surface area contributed by atoms with Gasteiger partial charge in [0.25, 0.3) is 0 Å². The van der Waals surface area contributed by atoms with Crippen molar-refractivity contribution < 1.29 is 0 Å². The first kappa shape index (κ1) is 6.48. The van der Waals surface area contributed by atoms with E-state index in [0.717, 1.165) is 5.41 Å². The molecular weight excluding hydrogens is 156 g/mol. The molecule has 5 aliphatic rings. The van der Waals surface area contributed by atoms with Gasteiger partial charge in [0, 0.05) is 0 Å².